The van der Waals surface area contributed by atoms with Crippen LogP contribution >= 0.6 is 0 Å². The Bertz CT molecular complexity index is 192. The van der Waals surface area contributed by atoms with Gasteiger partial charge in [0.2, 0.25) is 0 Å². The highest BCUT2D eigenvalue weighted by atomic mass is 16.2. The average molecular weight is 199 g/mol. The Hall–Kier alpha value is -0.770. The molecular formula is C10H21N3O. The normalized spacial score (nSPS) is 15.7. The van der Waals surface area contributed by atoms with Crippen LogP contribution in [-0.2, 0) is 0 Å². The van der Waals surface area contributed by atoms with Crippen molar-refractivity contribution in [1.82, 2.24) is 15.1 Å². The number of urea groups is 1. The first kappa shape index (κ1) is 11.3. The number of rotatable bonds is 5. The first-order valence-electron chi connectivity index (χ1n) is 5.34. The van der Waals surface area contributed by atoms with Gasteiger partial charge in [-0.05, 0) is 26.8 Å². The quantitative estimate of drug-likeness (QED) is 0.709. The molecular weight excluding hydrogens is 178 g/mol. The van der Waals surface area contributed by atoms with Gasteiger partial charge in [0.15, 0.2) is 0 Å². The van der Waals surface area contributed by atoms with Gasteiger partial charge in [-0.2, -0.15) is 0 Å². The largest absolute Gasteiger partial charge is 0.337 e. The van der Waals surface area contributed by atoms with Gasteiger partial charge in [0.1, 0.15) is 0 Å². The summed E-state index contributed by atoms with van der Waals surface area (Å²) in [5.74, 6) is 0. The number of nitrogens with zero attached hydrogens (tertiary/aromatic N) is 2. The van der Waals surface area contributed by atoms with Crippen LogP contribution < -0.4 is 5.32 Å². The second-order valence-electron chi connectivity index (χ2n) is 3.96. The number of hydrogen-bond acceptors (Lipinski definition) is 2. The molecule has 14 heavy (non-hydrogen) atoms. The van der Waals surface area contributed by atoms with E-state index in [0.717, 1.165) is 25.7 Å². The van der Waals surface area contributed by atoms with Gasteiger partial charge in [0, 0.05) is 32.7 Å². The van der Waals surface area contributed by atoms with Crippen molar-refractivity contribution in [2.24, 2.45) is 0 Å². The van der Waals surface area contributed by atoms with Crippen LogP contribution in [0.5, 0.6) is 0 Å². The van der Waals surface area contributed by atoms with Gasteiger partial charge in [-0.1, -0.05) is 0 Å². The number of carbonyl (C=O) groups is 1. The van der Waals surface area contributed by atoms with Crippen LogP contribution in [0, 0.1) is 0 Å². The van der Waals surface area contributed by atoms with Crippen LogP contribution in [0.3, 0.4) is 0 Å². The first-order valence-corrected chi connectivity index (χ1v) is 5.34. The smallest absolute Gasteiger partial charge is 0.317 e. The fourth-order valence-corrected chi connectivity index (χ4v) is 1.32. The number of nitrogens with one attached hydrogen (secondary N) is 1. The van der Waals surface area contributed by atoms with Crippen LogP contribution in [0.1, 0.15) is 19.8 Å². The molecule has 4 nitrogen and oxygen atoms in total. The molecule has 0 atom stereocenters. The second-order valence-corrected chi connectivity index (χ2v) is 3.96. The van der Waals surface area contributed by atoms with Gasteiger partial charge in [-0.15, -0.1) is 0 Å². The van der Waals surface area contributed by atoms with E-state index in [4.69, 9.17) is 0 Å². The predicted molar refractivity (Wildman–Crippen MR) is 57.4 cm³/mol. The lowest BCUT2D eigenvalue weighted by atomic mass is 10.5. The maximum Gasteiger partial charge on any atom is 0.317 e. The van der Waals surface area contributed by atoms with E-state index in [1.807, 2.05) is 6.92 Å². The third-order valence-corrected chi connectivity index (χ3v) is 2.73. The maximum absolute atomic E-state index is 11.3. The Morgan fingerprint density at radius 2 is 2.07 bits per heavy atom. The summed E-state index contributed by atoms with van der Waals surface area (Å²) in [5.41, 5.74) is 0. The molecule has 1 aliphatic carbocycles. The van der Waals surface area contributed by atoms with Crippen molar-refractivity contribution in [3.63, 3.8) is 0 Å². The third kappa shape index (κ3) is 3.54. The minimum atomic E-state index is 0.0247. The van der Waals surface area contributed by atoms with E-state index in [1.165, 1.54) is 12.8 Å². The van der Waals surface area contributed by atoms with Crippen molar-refractivity contribution >= 4 is 6.03 Å². The molecule has 1 saturated carbocycles. The molecule has 4 heteroatoms. The zero-order valence-corrected chi connectivity index (χ0v) is 9.42. The standard InChI is InChI=1S/C10H21N3O/c1-4-12(2)10(14)11-7-8-13(3)9-5-6-9/h9H,4-8H2,1-3H3,(H,11,14). The fraction of sp³-hybridized carbons (Fsp3) is 0.900. The lowest BCUT2D eigenvalue weighted by Gasteiger charge is -2.18. The highest BCUT2D eigenvalue weighted by Crippen LogP contribution is 2.24. The zero-order valence-electron chi connectivity index (χ0n) is 9.42. The van der Waals surface area contributed by atoms with Crippen molar-refractivity contribution < 1.29 is 4.79 Å². The maximum atomic E-state index is 11.3. The molecule has 2 amide bonds. The number of amides is 2. The molecule has 1 fully saturated rings. The molecule has 1 rings (SSSR count). The minimum Gasteiger partial charge on any atom is -0.337 e. The Labute approximate surface area is 86.2 Å². The third-order valence-electron chi connectivity index (χ3n) is 2.73. The van der Waals surface area contributed by atoms with E-state index in [2.05, 4.69) is 17.3 Å². The van der Waals surface area contributed by atoms with E-state index >= 15 is 0 Å². The van der Waals surface area contributed by atoms with E-state index in [9.17, 15) is 4.79 Å². The lowest BCUT2D eigenvalue weighted by molar-refractivity contribution is 0.208. The van der Waals surface area contributed by atoms with Gasteiger partial charge >= 0.3 is 6.03 Å². The summed E-state index contributed by atoms with van der Waals surface area (Å²) in [6, 6.07) is 0.799. The molecule has 0 spiro atoms. The van der Waals surface area contributed by atoms with E-state index in [-0.39, 0.29) is 6.03 Å². The molecule has 0 saturated heterocycles. The van der Waals surface area contributed by atoms with Crippen molar-refractivity contribution in [3.8, 4) is 0 Å². The summed E-state index contributed by atoms with van der Waals surface area (Å²) in [5, 5.41) is 2.89. The van der Waals surface area contributed by atoms with Crippen molar-refractivity contribution in [2.75, 3.05) is 33.7 Å². The van der Waals surface area contributed by atoms with Gasteiger partial charge in [0.05, 0.1) is 0 Å². The van der Waals surface area contributed by atoms with E-state index < -0.39 is 0 Å². The molecule has 1 N–H and O–H groups in total. The Morgan fingerprint density at radius 3 is 2.57 bits per heavy atom. The summed E-state index contributed by atoms with van der Waals surface area (Å²) in [4.78, 5) is 15.3. The van der Waals surface area contributed by atoms with Crippen molar-refractivity contribution in [2.45, 2.75) is 25.8 Å². The highest BCUT2D eigenvalue weighted by molar-refractivity contribution is 5.73. The van der Waals surface area contributed by atoms with E-state index in [0.29, 0.717) is 0 Å². The summed E-state index contributed by atoms with van der Waals surface area (Å²) >= 11 is 0. The topological polar surface area (TPSA) is 35.6 Å². The second kappa shape index (κ2) is 5.20. The van der Waals surface area contributed by atoms with E-state index in [1.54, 1.807) is 11.9 Å². The summed E-state index contributed by atoms with van der Waals surface area (Å²) < 4.78 is 0. The number of likely N-dealkylation sites (N-methyl/N-ethyl adjacent to an activating group) is 1. The van der Waals surface area contributed by atoms with Gasteiger partial charge < -0.3 is 15.1 Å². The molecule has 82 valence electrons. The highest BCUT2D eigenvalue weighted by Gasteiger charge is 2.25. The summed E-state index contributed by atoms with van der Waals surface area (Å²) in [6.07, 6.45) is 2.64. The van der Waals surface area contributed by atoms with Crippen LogP contribution in [0.25, 0.3) is 0 Å². The first-order chi connectivity index (χ1) is 6.65. The Kier molecular flexibility index (Phi) is 4.20. The molecule has 1 aliphatic rings. The molecule has 0 radical (unpaired) electrons. The minimum absolute atomic E-state index is 0.0247. The monoisotopic (exact) mass is 199 g/mol. The summed E-state index contributed by atoms with van der Waals surface area (Å²) in [6.45, 7) is 4.42. The Morgan fingerprint density at radius 1 is 1.43 bits per heavy atom. The van der Waals surface area contributed by atoms with Gasteiger partial charge in [0.25, 0.3) is 0 Å². The zero-order chi connectivity index (χ0) is 10.6. The fourth-order valence-electron chi connectivity index (χ4n) is 1.32. The molecule has 0 unspecified atom stereocenters. The SMILES string of the molecule is CCN(C)C(=O)NCCN(C)C1CC1. The van der Waals surface area contributed by atoms with Crippen LogP contribution in [-0.4, -0.2) is 55.6 Å². The molecule has 0 heterocycles. The number of carbonyl (C=O) groups excluding carboxylic acids is 1. The van der Waals surface area contributed by atoms with Crippen LogP contribution in [0.4, 0.5) is 4.79 Å². The van der Waals surface area contributed by atoms with Gasteiger partial charge in [-0.25, -0.2) is 4.79 Å². The Balaban J connectivity index is 2.04. The van der Waals surface area contributed by atoms with Crippen molar-refractivity contribution in [3.05, 3.63) is 0 Å². The van der Waals surface area contributed by atoms with Crippen molar-refractivity contribution in [1.29, 1.82) is 0 Å². The van der Waals surface area contributed by atoms with Gasteiger partial charge in [-0.3, -0.25) is 0 Å². The molecule has 0 aliphatic heterocycles. The predicted octanol–water partition coefficient (Wildman–Crippen LogP) is 0.742. The lowest BCUT2D eigenvalue weighted by Crippen LogP contribution is -2.40. The number of hydrogen-bond donors (Lipinski definition) is 1. The van der Waals surface area contributed by atoms with Crippen LogP contribution in [0.2, 0.25) is 0 Å². The molecule has 0 bridgehead atoms. The molecule has 0 aromatic rings. The average Bonchev–Trinajstić information content (AvgIpc) is 2.99. The molecule has 0 aromatic carbocycles. The molecule has 0 aromatic heterocycles. The summed E-state index contributed by atoms with van der Waals surface area (Å²) in [7, 11) is 3.92. The van der Waals surface area contributed by atoms with Crippen LogP contribution in [0.15, 0.2) is 0 Å².